The molecule has 1 aliphatic heterocycles. The van der Waals surface area contributed by atoms with E-state index in [-0.39, 0.29) is 16.5 Å². The number of nitrogens with zero attached hydrogens (tertiary/aromatic N) is 3. The predicted octanol–water partition coefficient (Wildman–Crippen LogP) is 2.38. The Kier molecular flexibility index (Phi) is 4.68. The number of aliphatic hydroxyl groups is 1. The number of rotatable bonds is 3. The summed E-state index contributed by atoms with van der Waals surface area (Å²) >= 11 is 6.16. The third-order valence-electron chi connectivity index (χ3n) is 4.53. The Morgan fingerprint density at radius 3 is 2.57 bits per heavy atom. The summed E-state index contributed by atoms with van der Waals surface area (Å²) in [6, 6.07) is 9.75. The highest BCUT2D eigenvalue weighted by Crippen LogP contribution is 2.33. The van der Waals surface area contributed by atoms with Gasteiger partial charge in [-0.05, 0) is 24.3 Å². The Morgan fingerprint density at radius 2 is 1.91 bits per heavy atom. The van der Waals surface area contributed by atoms with Crippen LogP contribution in [0.15, 0.2) is 41.3 Å². The lowest BCUT2D eigenvalue weighted by Gasteiger charge is -2.35. The number of piperidine rings is 1. The molecule has 122 valence electrons. The maximum atomic E-state index is 11.9. The van der Waals surface area contributed by atoms with E-state index in [4.69, 9.17) is 11.6 Å². The quantitative estimate of drug-likeness (QED) is 0.937. The van der Waals surface area contributed by atoms with Crippen molar-refractivity contribution in [1.82, 2.24) is 9.78 Å². The van der Waals surface area contributed by atoms with E-state index in [0.717, 1.165) is 31.5 Å². The monoisotopic (exact) mass is 333 g/mol. The van der Waals surface area contributed by atoms with Crippen LogP contribution in [0.5, 0.6) is 0 Å². The van der Waals surface area contributed by atoms with E-state index >= 15 is 0 Å². The number of aliphatic hydroxyl groups excluding tert-OH is 1. The fraction of sp³-hybridized carbons (Fsp3) is 0.412. The minimum absolute atomic E-state index is 0.213. The van der Waals surface area contributed by atoms with Gasteiger partial charge in [-0.1, -0.05) is 41.9 Å². The van der Waals surface area contributed by atoms with Gasteiger partial charge in [0, 0.05) is 20.1 Å². The van der Waals surface area contributed by atoms with Crippen LogP contribution in [-0.2, 0) is 7.05 Å². The van der Waals surface area contributed by atoms with Crippen molar-refractivity contribution in [1.29, 1.82) is 0 Å². The van der Waals surface area contributed by atoms with Crippen LogP contribution >= 0.6 is 11.6 Å². The fourth-order valence-corrected chi connectivity index (χ4v) is 3.39. The van der Waals surface area contributed by atoms with Crippen molar-refractivity contribution < 1.29 is 5.11 Å². The number of hydrogen-bond acceptors (Lipinski definition) is 4. The molecule has 1 aromatic heterocycles. The molecule has 1 atom stereocenters. The van der Waals surface area contributed by atoms with Gasteiger partial charge in [-0.3, -0.25) is 4.79 Å². The molecule has 1 saturated heterocycles. The zero-order chi connectivity index (χ0) is 16.4. The number of aromatic nitrogens is 2. The maximum absolute atomic E-state index is 11.9. The van der Waals surface area contributed by atoms with Crippen LogP contribution in [0.1, 0.15) is 24.5 Å². The maximum Gasteiger partial charge on any atom is 0.287 e. The molecule has 0 aliphatic carbocycles. The normalized spacial score (nSPS) is 17.3. The van der Waals surface area contributed by atoms with Crippen LogP contribution in [-0.4, -0.2) is 28.0 Å². The van der Waals surface area contributed by atoms with Crippen molar-refractivity contribution in [2.75, 3.05) is 18.0 Å². The van der Waals surface area contributed by atoms with Crippen molar-refractivity contribution in [3.05, 3.63) is 57.5 Å². The second kappa shape index (κ2) is 6.72. The number of aryl methyl sites for hydroxylation is 1. The topological polar surface area (TPSA) is 58.4 Å². The highest BCUT2D eigenvalue weighted by atomic mass is 35.5. The molecule has 0 bridgehead atoms. The first-order valence-corrected chi connectivity index (χ1v) is 8.15. The fourth-order valence-electron chi connectivity index (χ4n) is 3.10. The smallest absolute Gasteiger partial charge is 0.287 e. The van der Waals surface area contributed by atoms with Gasteiger partial charge in [0.2, 0.25) is 0 Å². The molecule has 2 heterocycles. The van der Waals surface area contributed by atoms with E-state index in [2.05, 4.69) is 10.00 Å². The predicted molar refractivity (Wildman–Crippen MR) is 90.8 cm³/mol. The summed E-state index contributed by atoms with van der Waals surface area (Å²) in [5.41, 5.74) is 1.36. The van der Waals surface area contributed by atoms with Gasteiger partial charge in [-0.15, -0.1) is 0 Å². The van der Waals surface area contributed by atoms with Gasteiger partial charge >= 0.3 is 0 Å². The third kappa shape index (κ3) is 3.26. The number of benzene rings is 1. The minimum atomic E-state index is -0.449. The van der Waals surface area contributed by atoms with Crippen LogP contribution in [0.4, 0.5) is 5.69 Å². The SMILES string of the molecule is Cn1ncc(N2CCC(C(O)c3ccccc3)CC2)c(Cl)c1=O. The van der Waals surface area contributed by atoms with Gasteiger partial charge in [0.05, 0.1) is 18.0 Å². The van der Waals surface area contributed by atoms with Crippen LogP contribution in [0.25, 0.3) is 0 Å². The summed E-state index contributed by atoms with van der Waals surface area (Å²) in [6.07, 6.45) is 2.89. The van der Waals surface area contributed by atoms with Crippen LogP contribution in [0.3, 0.4) is 0 Å². The molecule has 0 radical (unpaired) electrons. The van der Waals surface area contributed by atoms with Gasteiger partial charge in [0.1, 0.15) is 5.02 Å². The molecule has 0 spiro atoms. The first-order valence-electron chi connectivity index (χ1n) is 7.77. The van der Waals surface area contributed by atoms with Gasteiger partial charge in [0.15, 0.2) is 0 Å². The standard InChI is InChI=1S/C17H20ClN3O2/c1-20-17(23)15(18)14(11-19-20)21-9-7-13(8-10-21)16(22)12-5-3-2-4-6-12/h2-6,11,13,16,22H,7-10H2,1H3. The molecule has 5 nitrogen and oxygen atoms in total. The summed E-state index contributed by atoms with van der Waals surface area (Å²) in [4.78, 5) is 14.0. The molecule has 0 saturated carbocycles. The molecule has 1 fully saturated rings. The second-order valence-corrected chi connectivity index (χ2v) is 6.33. The molecule has 0 amide bonds. The van der Waals surface area contributed by atoms with Crippen LogP contribution in [0.2, 0.25) is 5.02 Å². The molecule has 2 aromatic rings. The molecule has 1 N–H and O–H groups in total. The van der Waals surface area contributed by atoms with Crippen LogP contribution < -0.4 is 10.5 Å². The van der Waals surface area contributed by atoms with E-state index in [1.54, 1.807) is 13.2 Å². The first kappa shape index (κ1) is 16.0. The van der Waals surface area contributed by atoms with E-state index < -0.39 is 6.10 Å². The number of anilines is 1. The minimum Gasteiger partial charge on any atom is -0.388 e. The Balaban J connectivity index is 1.69. The number of hydrogen-bond donors (Lipinski definition) is 1. The van der Waals surface area contributed by atoms with Crippen molar-refractivity contribution >= 4 is 17.3 Å². The zero-order valence-electron chi connectivity index (χ0n) is 13.0. The van der Waals surface area contributed by atoms with Crippen molar-refractivity contribution in [3.63, 3.8) is 0 Å². The Bertz CT molecular complexity index is 724. The summed E-state index contributed by atoms with van der Waals surface area (Å²) in [5.74, 6) is 0.215. The average molecular weight is 334 g/mol. The Labute approximate surface area is 140 Å². The highest BCUT2D eigenvalue weighted by molar-refractivity contribution is 6.33. The van der Waals surface area contributed by atoms with Gasteiger partial charge in [0.25, 0.3) is 5.56 Å². The van der Waals surface area contributed by atoms with Gasteiger partial charge < -0.3 is 10.0 Å². The molecule has 3 rings (SSSR count). The van der Waals surface area contributed by atoms with E-state index in [0.29, 0.717) is 5.69 Å². The highest BCUT2D eigenvalue weighted by Gasteiger charge is 2.27. The van der Waals surface area contributed by atoms with E-state index in [9.17, 15) is 9.90 Å². The lowest BCUT2D eigenvalue weighted by Crippen LogP contribution is -2.37. The summed E-state index contributed by atoms with van der Waals surface area (Å²) in [6.45, 7) is 1.51. The lowest BCUT2D eigenvalue weighted by atomic mass is 9.87. The number of halogens is 1. The summed E-state index contributed by atoms with van der Waals surface area (Å²) in [5, 5.41) is 14.8. The molecular formula is C17H20ClN3O2. The Morgan fingerprint density at radius 1 is 1.26 bits per heavy atom. The lowest BCUT2D eigenvalue weighted by molar-refractivity contribution is 0.0929. The van der Waals surface area contributed by atoms with Crippen molar-refractivity contribution in [3.8, 4) is 0 Å². The van der Waals surface area contributed by atoms with Gasteiger partial charge in [-0.2, -0.15) is 5.10 Å². The van der Waals surface area contributed by atoms with E-state index in [1.807, 2.05) is 30.3 Å². The molecule has 1 aliphatic rings. The zero-order valence-corrected chi connectivity index (χ0v) is 13.8. The second-order valence-electron chi connectivity index (χ2n) is 5.95. The van der Waals surface area contributed by atoms with Crippen molar-refractivity contribution in [2.24, 2.45) is 13.0 Å². The summed E-state index contributed by atoms with van der Waals surface area (Å²) in [7, 11) is 1.58. The third-order valence-corrected chi connectivity index (χ3v) is 4.88. The van der Waals surface area contributed by atoms with E-state index in [1.165, 1.54) is 4.68 Å². The Hall–Kier alpha value is -1.85. The molecular weight excluding hydrogens is 314 g/mol. The molecule has 6 heteroatoms. The van der Waals surface area contributed by atoms with Crippen LogP contribution in [0, 0.1) is 5.92 Å². The van der Waals surface area contributed by atoms with Crippen molar-refractivity contribution in [2.45, 2.75) is 18.9 Å². The molecule has 1 aromatic carbocycles. The van der Waals surface area contributed by atoms with Gasteiger partial charge in [-0.25, -0.2) is 4.68 Å². The average Bonchev–Trinajstić information content (AvgIpc) is 2.60. The largest absolute Gasteiger partial charge is 0.388 e. The summed E-state index contributed by atoms with van der Waals surface area (Å²) < 4.78 is 1.23. The molecule has 23 heavy (non-hydrogen) atoms. The molecule has 1 unspecified atom stereocenters. The first-order chi connectivity index (χ1) is 11.1.